The predicted octanol–water partition coefficient (Wildman–Crippen LogP) is 3.20. The van der Waals surface area contributed by atoms with Crippen LogP contribution in [0.15, 0.2) is 34.9 Å². The van der Waals surface area contributed by atoms with Crippen molar-refractivity contribution < 1.29 is 18.0 Å². The Labute approximate surface area is 127 Å². The molecule has 3 aromatic rings. The van der Waals surface area contributed by atoms with E-state index in [9.17, 15) is 13.6 Å². The Bertz CT molecular complexity index is 883. The molecule has 0 saturated carbocycles. The van der Waals surface area contributed by atoms with Crippen molar-refractivity contribution in [3.8, 4) is 0 Å². The largest absolute Gasteiger partial charge is 0.429 e. The van der Waals surface area contributed by atoms with Crippen LogP contribution in [0.4, 0.5) is 14.6 Å². The first kappa shape index (κ1) is 14.4. The number of fused-ring (bicyclic) bond motifs is 1. The maximum atomic E-state index is 12.2. The van der Waals surface area contributed by atoms with E-state index < -0.39 is 18.9 Å². The molecule has 2 N–H and O–H groups in total. The summed E-state index contributed by atoms with van der Waals surface area (Å²) in [7, 11) is 0. The van der Waals surface area contributed by atoms with Gasteiger partial charge < -0.3 is 14.7 Å². The minimum Gasteiger partial charge on any atom is -0.429 e. The fourth-order valence-corrected chi connectivity index (χ4v) is 2.15. The molecular formula is C13H10F2N4O2S. The van der Waals surface area contributed by atoms with Crippen molar-refractivity contribution in [1.82, 2.24) is 14.8 Å². The fourth-order valence-electron chi connectivity index (χ4n) is 1.95. The molecule has 2 aromatic heterocycles. The average Bonchev–Trinajstić information content (AvgIpc) is 3.02. The lowest BCUT2D eigenvalue weighted by atomic mass is 10.2. The van der Waals surface area contributed by atoms with E-state index in [1.807, 2.05) is 0 Å². The van der Waals surface area contributed by atoms with Gasteiger partial charge in [-0.3, -0.25) is 9.48 Å². The van der Waals surface area contributed by atoms with Crippen molar-refractivity contribution in [1.29, 1.82) is 0 Å². The molecule has 0 aliphatic rings. The van der Waals surface area contributed by atoms with Crippen LogP contribution in [-0.2, 0) is 6.54 Å². The van der Waals surface area contributed by atoms with Crippen LogP contribution >= 0.6 is 12.2 Å². The van der Waals surface area contributed by atoms with Gasteiger partial charge in [0.25, 0.3) is 17.2 Å². The smallest absolute Gasteiger partial charge is 0.266 e. The standard InChI is InChI=1S/C13H10F2N4O2S/c14-10(15)6-19-4-3-11(18-19)17-12(20)7-1-2-8-9(5-7)21-13(22)16-8/h1-5,10H,6H2,(H,16,22)(H,17,18,20). The lowest BCUT2D eigenvalue weighted by Gasteiger charge is -2.02. The maximum Gasteiger partial charge on any atom is 0.266 e. The molecule has 6 nitrogen and oxygen atoms in total. The van der Waals surface area contributed by atoms with E-state index in [4.69, 9.17) is 16.6 Å². The Morgan fingerprint density at radius 1 is 1.45 bits per heavy atom. The van der Waals surface area contributed by atoms with Crippen molar-refractivity contribution in [2.75, 3.05) is 5.32 Å². The number of H-pyrrole nitrogens is 1. The molecule has 22 heavy (non-hydrogen) atoms. The zero-order valence-electron chi connectivity index (χ0n) is 11.0. The van der Waals surface area contributed by atoms with Crippen LogP contribution in [0.1, 0.15) is 10.4 Å². The van der Waals surface area contributed by atoms with E-state index in [1.54, 1.807) is 12.1 Å². The minimum absolute atomic E-state index is 0.195. The number of hydrogen-bond donors (Lipinski definition) is 2. The number of carbonyl (C=O) groups excluding carboxylic acids is 1. The number of alkyl halides is 2. The van der Waals surface area contributed by atoms with E-state index in [-0.39, 0.29) is 10.7 Å². The number of aromatic nitrogens is 3. The number of nitrogens with zero attached hydrogens (tertiary/aromatic N) is 2. The summed E-state index contributed by atoms with van der Waals surface area (Å²) in [4.78, 5) is 15.2. The number of benzene rings is 1. The third-order valence-corrected chi connectivity index (χ3v) is 3.08. The van der Waals surface area contributed by atoms with Gasteiger partial charge in [-0.25, -0.2) is 8.78 Å². The van der Waals surface area contributed by atoms with Gasteiger partial charge in [-0.05, 0) is 30.4 Å². The monoisotopic (exact) mass is 324 g/mol. The highest BCUT2D eigenvalue weighted by Crippen LogP contribution is 2.16. The molecule has 1 aromatic carbocycles. The molecular weight excluding hydrogens is 314 g/mol. The van der Waals surface area contributed by atoms with Gasteiger partial charge in [0.1, 0.15) is 6.54 Å². The number of rotatable bonds is 4. The summed E-state index contributed by atoms with van der Waals surface area (Å²) in [6.07, 6.45) is -1.13. The van der Waals surface area contributed by atoms with E-state index >= 15 is 0 Å². The maximum absolute atomic E-state index is 12.2. The number of halogens is 2. The highest BCUT2D eigenvalue weighted by molar-refractivity contribution is 7.71. The predicted molar refractivity (Wildman–Crippen MR) is 77.6 cm³/mol. The van der Waals surface area contributed by atoms with Crippen LogP contribution in [0, 0.1) is 4.84 Å². The number of oxazole rings is 1. The van der Waals surface area contributed by atoms with Gasteiger partial charge >= 0.3 is 0 Å². The van der Waals surface area contributed by atoms with Gasteiger partial charge in [-0.1, -0.05) is 0 Å². The van der Waals surface area contributed by atoms with E-state index in [0.29, 0.717) is 16.7 Å². The van der Waals surface area contributed by atoms with Gasteiger partial charge in [0, 0.05) is 17.8 Å². The quantitative estimate of drug-likeness (QED) is 0.723. The fraction of sp³-hybridized carbons (Fsp3) is 0.154. The Hall–Kier alpha value is -2.55. The van der Waals surface area contributed by atoms with Crippen LogP contribution in [-0.4, -0.2) is 27.1 Å². The second-order valence-electron chi connectivity index (χ2n) is 4.49. The summed E-state index contributed by atoms with van der Waals surface area (Å²) in [5.74, 6) is -0.229. The van der Waals surface area contributed by atoms with Gasteiger partial charge in [0.2, 0.25) is 0 Å². The molecule has 0 radical (unpaired) electrons. The molecule has 0 aliphatic heterocycles. The van der Waals surface area contributed by atoms with Crippen LogP contribution in [0.25, 0.3) is 11.1 Å². The van der Waals surface area contributed by atoms with Crippen LogP contribution in [0.2, 0.25) is 0 Å². The number of nitrogens with one attached hydrogen (secondary N) is 2. The zero-order valence-corrected chi connectivity index (χ0v) is 11.9. The van der Waals surface area contributed by atoms with Crippen molar-refractivity contribution in [3.05, 3.63) is 40.9 Å². The van der Waals surface area contributed by atoms with Crippen molar-refractivity contribution in [2.24, 2.45) is 0 Å². The molecule has 3 rings (SSSR count). The Balaban J connectivity index is 1.77. The summed E-state index contributed by atoms with van der Waals surface area (Å²) in [5, 5.41) is 6.37. The van der Waals surface area contributed by atoms with Crippen LogP contribution in [0.3, 0.4) is 0 Å². The first-order chi connectivity index (χ1) is 10.5. The first-order valence-corrected chi connectivity index (χ1v) is 6.68. The molecule has 0 unspecified atom stereocenters. The van der Waals surface area contributed by atoms with E-state index in [1.165, 1.54) is 18.3 Å². The number of hydrogen-bond acceptors (Lipinski definition) is 4. The van der Waals surface area contributed by atoms with Crippen molar-refractivity contribution in [3.63, 3.8) is 0 Å². The third-order valence-electron chi connectivity index (χ3n) is 2.89. The topological polar surface area (TPSA) is 75.8 Å². The van der Waals surface area contributed by atoms with Gasteiger partial charge in [0.05, 0.1) is 5.52 Å². The van der Waals surface area contributed by atoms with Crippen LogP contribution < -0.4 is 5.32 Å². The van der Waals surface area contributed by atoms with E-state index in [2.05, 4.69) is 15.4 Å². The zero-order chi connectivity index (χ0) is 15.7. The second-order valence-corrected chi connectivity index (χ2v) is 4.86. The summed E-state index contributed by atoms with van der Waals surface area (Å²) in [6.45, 7) is -0.522. The van der Waals surface area contributed by atoms with Gasteiger partial charge in [-0.2, -0.15) is 5.10 Å². The van der Waals surface area contributed by atoms with Crippen molar-refractivity contribution >= 4 is 35.0 Å². The summed E-state index contributed by atoms with van der Waals surface area (Å²) in [6, 6.07) is 6.24. The molecule has 0 fully saturated rings. The minimum atomic E-state index is -2.51. The molecule has 0 atom stereocenters. The first-order valence-electron chi connectivity index (χ1n) is 6.27. The van der Waals surface area contributed by atoms with E-state index in [0.717, 1.165) is 4.68 Å². The SMILES string of the molecule is O=C(Nc1ccn(CC(F)F)n1)c1ccc2[nH]c(=S)oc2c1. The summed E-state index contributed by atoms with van der Waals surface area (Å²) < 4.78 is 30.8. The van der Waals surface area contributed by atoms with Crippen LogP contribution in [0.5, 0.6) is 0 Å². The molecule has 114 valence electrons. The summed E-state index contributed by atoms with van der Waals surface area (Å²) >= 11 is 4.87. The Morgan fingerprint density at radius 3 is 3.05 bits per heavy atom. The Kier molecular flexibility index (Phi) is 3.72. The second kappa shape index (κ2) is 5.68. The number of aromatic amines is 1. The average molecular weight is 324 g/mol. The normalized spacial score (nSPS) is 11.2. The summed E-state index contributed by atoms with van der Waals surface area (Å²) in [5.41, 5.74) is 1.48. The number of anilines is 1. The lowest BCUT2D eigenvalue weighted by molar-refractivity contribution is 0.102. The molecule has 0 bridgehead atoms. The molecule has 0 saturated heterocycles. The molecule has 9 heteroatoms. The number of amides is 1. The molecule has 0 aliphatic carbocycles. The third kappa shape index (κ3) is 3.03. The van der Waals surface area contributed by atoms with Gasteiger partial charge in [-0.15, -0.1) is 0 Å². The highest BCUT2D eigenvalue weighted by atomic mass is 32.1. The molecule has 1 amide bonds. The van der Waals surface area contributed by atoms with Crippen molar-refractivity contribution in [2.45, 2.75) is 13.0 Å². The molecule has 2 heterocycles. The van der Waals surface area contributed by atoms with Gasteiger partial charge in [0.15, 0.2) is 11.4 Å². The lowest BCUT2D eigenvalue weighted by Crippen LogP contribution is -2.13. The highest BCUT2D eigenvalue weighted by Gasteiger charge is 2.11. The number of carbonyl (C=O) groups is 1. The molecule has 0 spiro atoms. The Morgan fingerprint density at radius 2 is 2.27 bits per heavy atom.